The molecule has 3 N–H and O–H groups in total. The summed E-state index contributed by atoms with van der Waals surface area (Å²) in [7, 11) is -4.55. The fraction of sp³-hybridized carbons (Fsp3) is 0.951. The van der Waals surface area contributed by atoms with Gasteiger partial charge in [0.1, 0.15) is 6.61 Å². The molecule has 304 valence electrons. The third-order valence-electron chi connectivity index (χ3n) is 9.68. The van der Waals surface area contributed by atoms with Crippen molar-refractivity contribution < 1.29 is 43.3 Å². The van der Waals surface area contributed by atoms with Crippen molar-refractivity contribution in [2.75, 3.05) is 19.8 Å². The van der Waals surface area contributed by atoms with Crippen LogP contribution in [0.2, 0.25) is 0 Å². The highest BCUT2D eigenvalue weighted by atomic mass is 31.2. The van der Waals surface area contributed by atoms with Gasteiger partial charge in [-0.05, 0) is 12.8 Å². The largest absolute Gasteiger partial charge is 0.462 e. The molecule has 0 aromatic rings. The van der Waals surface area contributed by atoms with Crippen molar-refractivity contribution in [2.24, 2.45) is 0 Å². The molecule has 0 bridgehead atoms. The Hall–Kier alpha value is -0.990. The number of unbranched alkanes of at least 4 members (excludes halogenated alkanes) is 28. The first kappa shape index (κ1) is 50.0. The van der Waals surface area contributed by atoms with Crippen LogP contribution >= 0.6 is 7.60 Å². The number of aliphatic hydroxyl groups is 2. The minimum atomic E-state index is -4.55. The van der Waals surface area contributed by atoms with E-state index in [-0.39, 0.29) is 19.4 Å². The number of carbonyl (C=O) groups is 2. The van der Waals surface area contributed by atoms with Gasteiger partial charge >= 0.3 is 19.5 Å². The van der Waals surface area contributed by atoms with Crippen LogP contribution in [0.1, 0.15) is 219 Å². The Morgan fingerprint density at radius 1 is 0.510 bits per heavy atom. The van der Waals surface area contributed by atoms with Crippen LogP contribution in [0, 0.1) is 0 Å². The Kier molecular flexibility index (Phi) is 36.6. The second-order valence-corrected chi connectivity index (χ2v) is 16.7. The predicted molar refractivity (Wildman–Crippen MR) is 209 cm³/mol. The first-order chi connectivity index (χ1) is 24.8. The average Bonchev–Trinajstić information content (AvgIpc) is 3.12. The lowest BCUT2D eigenvalue weighted by Gasteiger charge is -2.21. The summed E-state index contributed by atoms with van der Waals surface area (Å²) in [4.78, 5) is 34.8. The van der Waals surface area contributed by atoms with Crippen molar-refractivity contribution in [1.82, 2.24) is 0 Å². The highest BCUT2D eigenvalue weighted by Crippen LogP contribution is 2.46. The SMILES string of the molecule is CCCCCCCCCCCCCCCCCC(=O)OC[C@H](COP(=O)(O)C(O)CO)OC(=O)CCCCCCCCCCCCCCCCC. The summed E-state index contributed by atoms with van der Waals surface area (Å²) in [5, 5.41) is 18.6. The van der Waals surface area contributed by atoms with Crippen molar-refractivity contribution in [3.05, 3.63) is 0 Å². The van der Waals surface area contributed by atoms with E-state index in [2.05, 4.69) is 13.8 Å². The molecule has 0 aliphatic rings. The zero-order valence-corrected chi connectivity index (χ0v) is 34.0. The first-order valence-electron chi connectivity index (χ1n) is 21.4. The molecule has 0 heterocycles. The van der Waals surface area contributed by atoms with E-state index in [0.29, 0.717) is 12.8 Å². The van der Waals surface area contributed by atoms with Crippen molar-refractivity contribution >= 4 is 19.5 Å². The molecule has 0 saturated carbocycles. The molecule has 9 nitrogen and oxygen atoms in total. The van der Waals surface area contributed by atoms with E-state index in [1.54, 1.807) is 0 Å². The van der Waals surface area contributed by atoms with Gasteiger partial charge < -0.3 is 29.1 Å². The van der Waals surface area contributed by atoms with E-state index in [9.17, 15) is 24.2 Å². The molecule has 0 aliphatic carbocycles. The summed E-state index contributed by atoms with van der Waals surface area (Å²) in [6.45, 7) is 2.70. The monoisotopic (exact) mass is 749 g/mol. The predicted octanol–water partition coefficient (Wildman–Crippen LogP) is 11.5. The first-order valence-corrected chi connectivity index (χ1v) is 23.0. The molecule has 2 unspecified atom stereocenters. The summed E-state index contributed by atoms with van der Waals surface area (Å²) >= 11 is 0. The van der Waals surface area contributed by atoms with Gasteiger partial charge in [-0.2, -0.15) is 0 Å². The molecule has 0 aliphatic heterocycles. The molecule has 0 radical (unpaired) electrons. The molecule has 0 aromatic heterocycles. The number of esters is 2. The van der Waals surface area contributed by atoms with E-state index in [0.717, 1.165) is 32.1 Å². The zero-order chi connectivity index (χ0) is 37.7. The second kappa shape index (κ2) is 37.3. The van der Waals surface area contributed by atoms with E-state index in [1.807, 2.05) is 0 Å². The molecule has 0 spiro atoms. The number of rotatable bonds is 40. The lowest BCUT2D eigenvalue weighted by Crippen LogP contribution is -2.30. The average molecular weight is 749 g/mol. The summed E-state index contributed by atoms with van der Waals surface area (Å²) in [5.74, 6) is -2.88. The zero-order valence-electron chi connectivity index (χ0n) is 33.1. The van der Waals surface area contributed by atoms with Gasteiger partial charge in [0.2, 0.25) is 0 Å². The highest BCUT2D eigenvalue weighted by molar-refractivity contribution is 7.53. The lowest BCUT2D eigenvalue weighted by molar-refractivity contribution is -0.161. The smallest absolute Gasteiger partial charge is 0.358 e. The molecule has 10 heteroatoms. The van der Waals surface area contributed by atoms with Crippen LogP contribution < -0.4 is 0 Å². The summed E-state index contributed by atoms with van der Waals surface area (Å²) in [5.41, 5.74) is 0. The Labute approximate surface area is 313 Å². The molecular formula is C41H81O9P. The standard InChI is InChI=1S/C41H81O9P/c1-3-5-7-9-11-13-15-17-19-21-23-25-27-29-31-33-39(43)48-36-38(37-49-51(46,47)41(45)35-42)50-40(44)34-32-30-28-26-24-22-20-18-16-14-12-10-8-6-4-2/h38,41-42,45H,3-37H2,1-2H3,(H,46,47)/t38-,41?/m1/s1. The third-order valence-corrected chi connectivity index (χ3v) is 11.1. The molecule has 0 amide bonds. The van der Waals surface area contributed by atoms with Gasteiger partial charge in [-0.3, -0.25) is 14.2 Å². The Bertz CT molecular complexity index is 825. The summed E-state index contributed by atoms with van der Waals surface area (Å²) in [6, 6.07) is 0. The summed E-state index contributed by atoms with van der Waals surface area (Å²) in [6.07, 6.45) is 36.3. The van der Waals surface area contributed by atoms with Gasteiger partial charge in [0.05, 0.1) is 13.2 Å². The molecule has 3 atom stereocenters. The van der Waals surface area contributed by atoms with Gasteiger partial charge in [0.25, 0.3) is 0 Å². The van der Waals surface area contributed by atoms with Crippen LogP contribution in [-0.4, -0.2) is 58.8 Å². The number of aliphatic hydroxyl groups excluding tert-OH is 2. The molecule has 0 fully saturated rings. The van der Waals surface area contributed by atoms with Crippen LogP contribution in [0.4, 0.5) is 0 Å². The number of ether oxygens (including phenoxy) is 2. The van der Waals surface area contributed by atoms with Crippen molar-refractivity contribution in [3.8, 4) is 0 Å². The topological polar surface area (TPSA) is 140 Å². The van der Waals surface area contributed by atoms with E-state index in [4.69, 9.17) is 19.1 Å². The van der Waals surface area contributed by atoms with Crippen molar-refractivity contribution in [1.29, 1.82) is 0 Å². The fourth-order valence-electron chi connectivity index (χ4n) is 6.28. The normalized spacial score (nSPS) is 13.9. The minimum Gasteiger partial charge on any atom is -0.462 e. The Morgan fingerprint density at radius 3 is 1.16 bits per heavy atom. The van der Waals surface area contributed by atoms with Gasteiger partial charge in [-0.1, -0.05) is 194 Å². The van der Waals surface area contributed by atoms with Gasteiger partial charge in [0, 0.05) is 12.8 Å². The van der Waals surface area contributed by atoms with Gasteiger partial charge in [0.15, 0.2) is 11.9 Å². The Morgan fingerprint density at radius 2 is 0.824 bits per heavy atom. The number of hydrogen-bond acceptors (Lipinski definition) is 8. The fourth-order valence-corrected chi connectivity index (χ4v) is 7.04. The van der Waals surface area contributed by atoms with E-state index >= 15 is 0 Å². The second-order valence-electron chi connectivity index (χ2n) is 14.7. The van der Waals surface area contributed by atoms with Crippen LogP contribution in [-0.2, 0) is 28.2 Å². The van der Waals surface area contributed by atoms with Crippen molar-refractivity contribution in [2.45, 2.75) is 231 Å². The number of carbonyl (C=O) groups excluding carboxylic acids is 2. The van der Waals surface area contributed by atoms with Crippen LogP contribution in [0.3, 0.4) is 0 Å². The van der Waals surface area contributed by atoms with Crippen LogP contribution in [0.5, 0.6) is 0 Å². The van der Waals surface area contributed by atoms with Crippen LogP contribution in [0.15, 0.2) is 0 Å². The maximum absolute atomic E-state index is 12.5. The van der Waals surface area contributed by atoms with Gasteiger partial charge in [-0.25, -0.2) is 0 Å². The Balaban J connectivity index is 4.13. The summed E-state index contributed by atoms with van der Waals surface area (Å²) < 4.78 is 27.8. The third kappa shape index (κ3) is 34.5. The molecular weight excluding hydrogens is 667 g/mol. The van der Waals surface area contributed by atoms with Crippen molar-refractivity contribution in [3.63, 3.8) is 0 Å². The van der Waals surface area contributed by atoms with E-state index < -0.39 is 44.7 Å². The highest BCUT2D eigenvalue weighted by Gasteiger charge is 2.32. The van der Waals surface area contributed by atoms with E-state index in [1.165, 1.54) is 148 Å². The minimum absolute atomic E-state index is 0.192. The van der Waals surface area contributed by atoms with Crippen LogP contribution in [0.25, 0.3) is 0 Å². The number of hydrogen-bond donors (Lipinski definition) is 3. The molecule has 0 aromatic carbocycles. The molecule has 0 rings (SSSR count). The maximum atomic E-state index is 12.5. The maximum Gasteiger partial charge on any atom is 0.358 e. The molecule has 0 saturated heterocycles. The molecule has 51 heavy (non-hydrogen) atoms. The van der Waals surface area contributed by atoms with Gasteiger partial charge in [-0.15, -0.1) is 0 Å². The lowest BCUT2D eigenvalue weighted by atomic mass is 10.0. The quantitative estimate of drug-likeness (QED) is 0.0317.